The number of hydrogen-bond acceptors (Lipinski definition) is 14. The Morgan fingerprint density at radius 1 is 1.33 bits per heavy atom. The van der Waals surface area contributed by atoms with Crippen molar-refractivity contribution < 1.29 is 37.3 Å². The van der Waals surface area contributed by atoms with Crippen LogP contribution in [-0.4, -0.2) is 114 Å². The van der Waals surface area contributed by atoms with Gasteiger partial charge in [-0.2, -0.15) is 23.4 Å². The summed E-state index contributed by atoms with van der Waals surface area (Å²) in [5, 5.41) is 25.1. The second-order valence-electron chi connectivity index (χ2n) is 10.1. The Balaban J connectivity index is 1.31. The van der Waals surface area contributed by atoms with Gasteiger partial charge in [-0.25, -0.2) is 19.1 Å². The highest BCUT2D eigenvalue weighted by molar-refractivity contribution is 7.84. The number of carbonyl (C=O) groups excluding carboxylic acids is 2. The molecule has 43 heavy (non-hydrogen) atoms. The van der Waals surface area contributed by atoms with Gasteiger partial charge in [0.05, 0.1) is 19.3 Å². The van der Waals surface area contributed by atoms with Gasteiger partial charge in [0.15, 0.2) is 16.8 Å². The molecular formula is C21H28N12O8S2. The molecule has 5 rings (SSSR count). The Morgan fingerprint density at radius 2 is 2.07 bits per heavy atom. The van der Waals surface area contributed by atoms with E-state index in [1.165, 1.54) is 11.6 Å². The third-order valence-electron chi connectivity index (χ3n) is 6.98. The van der Waals surface area contributed by atoms with Gasteiger partial charge < -0.3 is 37.4 Å². The minimum atomic E-state index is -5.02. The first-order valence-corrected chi connectivity index (χ1v) is 15.1. The van der Waals surface area contributed by atoms with Crippen LogP contribution < -0.4 is 22.5 Å². The van der Waals surface area contributed by atoms with Crippen molar-refractivity contribution in [3.8, 4) is 0 Å². The van der Waals surface area contributed by atoms with E-state index >= 15 is 0 Å². The first kappa shape index (κ1) is 30.1. The second-order valence-corrected chi connectivity index (χ2v) is 12.3. The molecule has 2 aromatic rings. The lowest BCUT2D eigenvalue weighted by molar-refractivity contribution is -0.153. The molecule has 22 heteroatoms. The summed E-state index contributed by atoms with van der Waals surface area (Å²) in [6.07, 6.45) is 2.48. The Bertz CT molecular complexity index is 1600. The number of carboxylic acid groups (broad SMARTS) is 1. The summed E-state index contributed by atoms with van der Waals surface area (Å²) in [5.74, 6) is -3.17. The van der Waals surface area contributed by atoms with Crippen LogP contribution in [0, 0.1) is 0 Å². The first-order chi connectivity index (χ1) is 20.3. The zero-order valence-corrected chi connectivity index (χ0v) is 23.9. The van der Waals surface area contributed by atoms with Crippen LogP contribution in [0.15, 0.2) is 21.7 Å². The van der Waals surface area contributed by atoms with Crippen molar-refractivity contribution in [3.05, 3.63) is 23.0 Å². The molecule has 1 saturated carbocycles. The van der Waals surface area contributed by atoms with Crippen molar-refractivity contribution >= 4 is 56.2 Å². The number of nitrogens with one attached hydrogen (secondary N) is 1. The predicted molar refractivity (Wildman–Crippen MR) is 147 cm³/mol. The summed E-state index contributed by atoms with van der Waals surface area (Å²) in [5.41, 5.74) is 15.8. The molecule has 9 N–H and O–H groups in total. The maximum atomic E-state index is 13.2. The summed E-state index contributed by atoms with van der Waals surface area (Å²) in [4.78, 5) is 53.8. The molecule has 0 aromatic carbocycles. The van der Waals surface area contributed by atoms with Crippen LogP contribution >= 0.6 is 11.3 Å². The largest absolute Gasteiger partial charge is 0.478 e. The van der Waals surface area contributed by atoms with Crippen molar-refractivity contribution in [2.24, 2.45) is 21.6 Å². The fraction of sp³-hybridized carbons (Fsp3) is 0.524. The van der Waals surface area contributed by atoms with Gasteiger partial charge in [-0.1, -0.05) is 5.16 Å². The van der Waals surface area contributed by atoms with E-state index < -0.39 is 51.5 Å². The van der Waals surface area contributed by atoms with Crippen LogP contribution in [0.3, 0.4) is 0 Å². The molecule has 3 atom stereocenters. The third-order valence-corrected chi connectivity index (χ3v) is 8.60. The van der Waals surface area contributed by atoms with Crippen molar-refractivity contribution in [2.75, 3.05) is 18.8 Å². The van der Waals surface area contributed by atoms with Crippen molar-refractivity contribution in [1.29, 1.82) is 0 Å². The Kier molecular flexibility index (Phi) is 7.93. The molecule has 0 radical (unpaired) electrons. The monoisotopic (exact) mass is 640 g/mol. The number of thiazole rings is 1. The van der Waals surface area contributed by atoms with Gasteiger partial charge in [-0.05, 0) is 6.42 Å². The normalized spacial score (nSPS) is 23.7. The number of carbonyl (C=O) groups is 3. The molecule has 2 saturated heterocycles. The van der Waals surface area contributed by atoms with E-state index in [1.807, 2.05) is 4.90 Å². The number of oxime groups is 1. The van der Waals surface area contributed by atoms with Gasteiger partial charge >= 0.3 is 16.3 Å². The zero-order chi connectivity index (χ0) is 31.1. The van der Waals surface area contributed by atoms with E-state index in [1.54, 1.807) is 0 Å². The van der Waals surface area contributed by atoms with Crippen LogP contribution in [0.2, 0.25) is 0 Å². The summed E-state index contributed by atoms with van der Waals surface area (Å²) >= 11 is 0.967. The maximum Gasteiger partial charge on any atom is 0.362 e. The minimum absolute atomic E-state index is 0.00749. The number of β-lactam (4-membered cyclic amide) rings is 1. The topological polar surface area (TPSA) is 300 Å². The van der Waals surface area contributed by atoms with Crippen LogP contribution in [0.4, 0.5) is 5.13 Å². The molecule has 232 valence electrons. The smallest absolute Gasteiger partial charge is 0.362 e. The Hall–Kier alpha value is -4.41. The van der Waals surface area contributed by atoms with E-state index in [0.717, 1.165) is 22.6 Å². The number of aromatic nitrogens is 4. The number of nitrogen functional groups attached to an aromatic ring is 1. The van der Waals surface area contributed by atoms with E-state index in [9.17, 15) is 32.5 Å². The highest BCUT2D eigenvalue weighted by Crippen LogP contribution is 2.40. The van der Waals surface area contributed by atoms with Crippen molar-refractivity contribution in [2.45, 2.75) is 56.1 Å². The van der Waals surface area contributed by atoms with Crippen molar-refractivity contribution in [1.82, 2.24) is 34.5 Å². The van der Waals surface area contributed by atoms with Gasteiger partial charge in [-0.15, -0.1) is 11.3 Å². The number of amides is 2. The molecule has 1 aliphatic carbocycles. The van der Waals surface area contributed by atoms with Crippen LogP contribution in [0.25, 0.3) is 0 Å². The lowest BCUT2D eigenvalue weighted by Gasteiger charge is -2.43. The first-order valence-electron chi connectivity index (χ1n) is 12.8. The summed E-state index contributed by atoms with van der Waals surface area (Å²) in [6.45, 7) is 0.945. The van der Waals surface area contributed by atoms with Gasteiger partial charge in [0.25, 0.3) is 11.8 Å². The lowest BCUT2D eigenvalue weighted by Crippen LogP contribution is -2.73. The second kappa shape index (κ2) is 11.3. The summed E-state index contributed by atoms with van der Waals surface area (Å²) in [7, 11) is -5.02. The van der Waals surface area contributed by atoms with E-state index in [2.05, 4.69) is 30.6 Å². The maximum absolute atomic E-state index is 13.2. The Morgan fingerprint density at radius 3 is 2.65 bits per heavy atom. The molecule has 2 aromatic heterocycles. The standard InChI is InChI=1S/C21H28N12O8S2/c22-10-1-4-31(7-10)19(23)25-5-11-6-26-32(29-11)8-13-15(17(35)33(13)43(38,39)40)28-16(34)14(12-9-42-20(24)27-12)30-41-21(2-3-21)18(36)37/h6,9-10,13,15H,1-5,7-8,22H2,(H2,23,25)(H2,24,27)(H,28,34)(H,36,37)(H,38,39,40). The fourth-order valence-electron chi connectivity index (χ4n) is 4.46. The molecule has 20 nitrogen and oxygen atoms in total. The molecule has 3 unspecified atom stereocenters. The number of aliphatic carboxylic acids is 1. The summed E-state index contributed by atoms with van der Waals surface area (Å²) < 4.78 is 33.8. The number of guanidine groups is 1. The number of hydrogen-bond donors (Lipinski definition) is 6. The summed E-state index contributed by atoms with van der Waals surface area (Å²) in [6, 6.07) is -2.82. The van der Waals surface area contributed by atoms with Crippen LogP contribution in [-0.2, 0) is 42.6 Å². The SMILES string of the molecule is NC(=NCc1cnn(CC2C(NC(=O)C(=NOC3(C(=O)O)CC3)c3csc(N)n3)C(=O)N2S(=O)(=O)O)n1)N1CCC(N)C1. The van der Waals surface area contributed by atoms with E-state index in [-0.39, 0.29) is 53.1 Å². The fourth-order valence-corrected chi connectivity index (χ4v) is 5.88. The zero-order valence-electron chi connectivity index (χ0n) is 22.3. The Labute approximate surface area is 247 Å². The average Bonchev–Trinajstić information content (AvgIpc) is 3.21. The molecule has 4 heterocycles. The molecule has 2 amide bonds. The molecule has 0 bridgehead atoms. The van der Waals surface area contributed by atoms with Crippen LogP contribution in [0.1, 0.15) is 30.7 Å². The predicted octanol–water partition coefficient (Wildman–Crippen LogP) is -3.30. The van der Waals surface area contributed by atoms with E-state index in [4.69, 9.17) is 22.0 Å². The molecule has 3 fully saturated rings. The molecular weight excluding hydrogens is 612 g/mol. The number of carboxylic acids is 1. The lowest BCUT2D eigenvalue weighted by atomic mass is 9.98. The number of nitrogens with zero attached hydrogens (tertiary/aromatic N) is 8. The quantitative estimate of drug-likeness (QED) is 0.0461. The van der Waals surface area contributed by atoms with Gasteiger partial charge in [-0.3, -0.25) is 14.1 Å². The number of aliphatic imine (C=N–C) groups is 1. The number of likely N-dealkylation sites (tertiary alicyclic amines) is 1. The average molecular weight is 641 g/mol. The third kappa shape index (κ3) is 6.35. The highest BCUT2D eigenvalue weighted by Gasteiger charge is 2.56. The van der Waals surface area contributed by atoms with Gasteiger partial charge in [0.1, 0.15) is 23.5 Å². The number of nitrogens with two attached hydrogens (primary N) is 3. The van der Waals surface area contributed by atoms with Crippen LogP contribution in [0.5, 0.6) is 0 Å². The molecule has 3 aliphatic rings. The van der Waals surface area contributed by atoms with E-state index in [0.29, 0.717) is 18.8 Å². The minimum Gasteiger partial charge on any atom is -0.478 e. The number of anilines is 1. The highest BCUT2D eigenvalue weighted by atomic mass is 32.2. The van der Waals surface area contributed by atoms with Gasteiger partial charge in [0, 0.05) is 37.4 Å². The van der Waals surface area contributed by atoms with Gasteiger partial charge in [0.2, 0.25) is 5.60 Å². The molecule has 2 aliphatic heterocycles. The number of rotatable bonds is 11. The molecule has 0 spiro atoms. The van der Waals surface area contributed by atoms with Crippen molar-refractivity contribution in [3.63, 3.8) is 0 Å².